The van der Waals surface area contributed by atoms with Gasteiger partial charge in [-0.3, -0.25) is 0 Å². The van der Waals surface area contributed by atoms with Gasteiger partial charge in [-0.1, -0.05) is 72.8 Å². The van der Waals surface area contributed by atoms with Gasteiger partial charge < -0.3 is 9.05 Å². The van der Waals surface area contributed by atoms with E-state index in [0.717, 1.165) is 10.8 Å². The van der Waals surface area contributed by atoms with Crippen molar-refractivity contribution in [2.24, 2.45) is 0 Å². The van der Waals surface area contributed by atoms with E-state index in [4.69, 9.17) is 9.05 Å². The molecule has 128 valence electrons. The summed E-state index contributed by atoms with van der Waals surface area (Å²) in [4.78, 5) is 0. The van der Waals surface area contributed by atoms with Crippen molar-refractivity contribution < 1.29 is 13.6 Å². The van der Waals surface area contributed by atoms with E-state index < -0.39 is 7.60 Å². The van der Waals surface area contributed by atoms with Crippen LogP contribution in [-0.4, -0.2) is 0 Å². The van der Waals surface area contributed by atoms with Crippen LogP contribution in [0.1, 0.15) is 0 Å². The first-order valence-electron chi connectivity index (χ1n) is 8.32. The minimum Gasteiger partial charge on any atom is -0.413 e. The average molecular weight is 360 g/mol. The highest BCUT2D eigenvalue weighted by atomic mass is 31.2. The van der Waals surface area contributed by atoms with Gasteiger partial charge in [0.25, 0.3) is 0 Å². The molecule has 0 saturated heterocycles. The van der Waals surface area contributed by atoms with E-state index >= 15 is 0 Å². The van der Waals surface area contributed by atoms with Crippen LogP contribution >= 0.6 is 7.60 Å². The minimum atomic E-state index is -3.66. The summed E-state index contributed by atoms with van der Waals surface area (Å²) in [6, 6.07) is 31.6. The topological polar surface area (TPSA) is 35.5 Å². The van der Waals surface area contributed by atoms with Crippen LogP contribution in [0.15, 0.2) is 103 Å². The predicted molar refractivity (Wildman–Crippen MR) is 105 cm³/mol. The Hall–Kier alpha value is -3.03. The molecule has 3 nitrogen and oxygen atoms in total. The molecule has 0 spiro atoms. The van der Waals surface area contributed by atoms with E-state index in [2.05, 4.69) is 0 Å². The molecular weight excluding hydrogens is 343 g/mol. The van der Waals surface area contributed by atoms with Crippen LogP contribution in [-0.2, 0) is 4.57 Å². The molecule has 0 radical (unpaired) electrons. The average Bonchev–Trinajstić information content (AvgIpc) is 2.69. The molecule has 0 saturated carbocycles. The first-order chi connectivity index (χ1) is 12.7. The fourth-order valence-electron chi connectivity index (χ4n) is 2.80. The van der Waals surface area contributed by atoms with Crippen LogP contribution in [0.3, 0.4) is 0 Å². The highest BCUT2D eigenvalue weighted by Gasteiger charge is 2.33. The second kappa shape index (κ2) is 7.07. The third kappa shape index (κ3) is 3.35. The molecule has 0 aromatic heterocycles. The number of para-hydroxylation sites is 2. The lowest BCUT2D eigenvalue weighted by molar-refractivity contribution is 0.399. The minimum absolute atomic E-state index is 0.500. The van der Waals surface area contributed by atoms with Gasteiger partial charge in [-0.2, -0.15) is 0 Å². The number of fused-ring (bicyclic) bond motifs is 1. The lowest BCUT2D eigenvalue weighted by atomic mass is 10.1. The molecule has 0 amide bonds. The SMILES string of the molecule is O=P(Oc1ccccc1)(Oc1ccccc1)c1cccc2ccccc12. The molecule has 4 aromatic carbocycles. The van der Waals surface area contributed by atoms with Crippen molar-refractivity contribution in [3.05, 3.63) is 103 Å². The van der Waals surface area contributed by atoms with Crippen LogP contribution in [0.25, 0.3) is 10.8 Å². The van der Waals surface area contributed by atoms with Crippen molar-refractivity contribution >= 4 is 23.7 Å². The Morgan fingerprint density at radius 3 is 1.65 bits per heavy atom. The van der Waals surface area contributed by atoms with E-state index in [-0.39, 0.29) is 0 Å². The summed E-state index contributed by atoms with van der Waals surface area (Å²) in [6.07, 6.45) is 0. The summed E-state index contributed by atoms with van der Waals surface area (Å²) >= 11 is 0. The van der Waals surface area contributed by atoms with Crippen LogP contribution < -0.4 is 14.4 Å². The van der Waals surface area contributed by atoms with Gasteiger partial charge in [-0.05, 0) is 41.1 Å². The number of hydrogen-bond donors (Lipinski definition) is 0. The summed E-state index contributed by atoms with van der Waals surface area (Å²) < 4.78 is 25.8. The Labute approximate surface area is 152 Å². The van der Waals surface area contributed by atoms with Gasteiger partial charge in [-0.15, -0.1) is 0 Å². The predicted octanol–water partition coefficient (Wildman–Crippen LogP) is 5.82. The van der Waals surface area contributed by atoms with Gasteiger partial charge in [-0.25, -0.2) is 4.57 Å². The van der Waals surface area contributed by atoms with Crippen molar-refractivity contribution in [2.45, 2.75) is 0 Å². The maximum Gasteiger partial charge on any atom is 0.463 e. The maximum atomic E-state index is 13.9. The molecule has 4 heteroatoms. The molecule has 0 aliphatic heterocycles. The van der Waals surface area contributed by atoms with Crippen molar-refractivity contribution in [1.82, 2.24) is 0 Å². The van der Waals surface area contributed by atoms with Gasteiger partial charge >= 0.3 is 7.60 Å². The fourth-order valence-corrected chi connectivity index (χ4v) is 4.60. The molecule has 0 bridgehead atoms. The van der Waals surface area contributed by atoms with Crippen LogP contribution in [0.2, 0.25) is 0 Å². The first-order valence-corrected chi connectivity index (χ1v) is 9.86. The summed E-state index contributed by atoms with van der Waals surface area (Å²) in [7, 11) is -3.66. The quantitative estimate of drug-likeness (QED) is 0.421. The fraction of sp³-hybridized carbons (Fsp3) is 0. The Morgan fingerprint density at radius 1 is 0.538 bits per heavy atom. The molecule has 0 fully saturated rings. The highest BCUT2D eigenvalue weighted by molar-refractivity contribution is 7.63. The largest absolute Gasteiger partial charge is 0.463 e. The third-order valence-corrected chi connectivity index (χ3v) is 5.88. The van der Waals surface area contributed by atoms with Crippen molar-refractivity contribution in [3.63, 3.8) is 0 Å². The number of hydrogen-bond acceptors (Lipinski definition) is 3. The summed E-state index contributed by atoms with van der Waals surface area (Å²) in [6.45, 7) is 0. The van der Waals surface area contributed by atoms with E-state index in [1.807, 2.05) is 72.8 Å². The van der Waals surface area contributed by atoms with Gasteiger partial charge in [0, 0.05) is 0 Å². The summed E-state index contributed by atoms with van der Waals surface area (Å²) in [5.41, 5.74) is 0. The third-order valence-electron chi connectivity index (χ3n) is 4.00. The zero-order valence-corrected chi connectivity index (χ0v) is 14.9. The molecule has 0 aliphatic carbocycles. The highest BCUT2D eigenvalue weighted by Crippen LogP contribution is 2.48. The van der Waals surface area contributed by atoms with Crippen LogP contribution in [0.4, 0.5) is 0 Å². The first kappa shape index (κ1) is 16.4. The number of benzene rings is 4. The smallest absolute Gasteiger partial charge is 0.413 e. The summed E-state index contributed by atoms with van der Waals surface area (Å²) in [5.74, 6) is 0.999. The second-order valence-corrected chi connectivity index (χ2v) is 7.65. The standard InChI is InChI=1S/C22H17O3P/c23-26(24-19-12-3-1-4-13-19,25-20-14-5-2-6-15-20)22-17-9-11-18-10-7-8-16-21(18)22/h1-17H. The molecule has 0 aliphatic rings. The van der Waals surface area contributed by atoms with E-state index in [1.54, 1.807) is 30.3 Å². The summed E-state index contributed by atoms with van der Waals surface area (Å²) in [5, 5.41) is 2.38. The maximum absolute atomic E-state index is 13.9. The molecule has 0 atom stereocenters. The molecule has 0 heterocycles. The monoisotopic (exact) mass is 360 g/mol. The van der Waals surface area contributed by atoms with Gasteiger partial charge in [0.2, 0.25) is 0 Å². The molecular formula is C22H17O3P. The van der Waals surface area contributed by atoms with Crippen molar-refractivity contribution in [2.75, 3.05) is 0 Å². The van der Waals surface area contributed by atoms with E-state index in [1.165, 1.54) is 0 Å². The Bertz CT molecular complexity index is 1010. The molecule has 4 rings (SSSR count). The molecule has 0 unspecified atom stereocenters. The van der Waals surface area contributed by atoms with Crippen LogP contribution in [0, 0.1) is 0 Å². The van der Waals surface area contributed by atoms with Crippen molar-refractivity contribution in [3.8, 4) is 11.5 Å². The molecule has 4 aromatic rings. The lowest BCUT2D eigenvalue weighted by Crippen LogP contribution is -2.15. The molecule has 26 heavy (non-hydrogen) atoms. The zero-order chi connectivity index (χ0) is 17.8. The lowest BCUT2D eigenvalue weighted by Gasteiger charge is -2.21. The molecule has 0 N–H and O–H groups in total. The Morgan fingerprint density at radius 2 is 1.04 bits per heavy atom. The van der Waals surface area contributed by atoms with Gasteiger partial charge in [0.1, 0.15) is 11.5 Å². The normalized spacial score (nSPS) is 11.2. The Balaban J connectivity index is 1.85. The van der Waals surface area contributed by atoms with Gasteiger partial charge in [0.15, 0.2) is 0 Å². The number of rotatable bonds is 5. The van der Waals surface area contributed by atoms with Crippen LogP contribution in [0.5, 0.6) is 11.5 Å². The Kier molecular flexibility index (Phi) is 4.47. The van der Waals surface area contributed by atoms with Crippen molar-refractivity contribution in [1.29, 1.82) is 0 Å². The van der Waals surface area contributed by atoms with E-state index in [9.17, 15) is 4.57 Å². The zero-order valence-electron chi connectivity index (χ0n) is 14.0. The second-order valence-electron chi connectivity index (χ2n) is 5.80. The van der Waals surface area contributed by atoms with Gasteiger partial charge in [0.05, 0.1) is 5.30 Å². The van der Waals surface area contributed by atoms with E-state index in [0.29, 0.717) is 16.8 Å².